The molecule has 3 rings (SSSR count). The van der Waals surface area contributed by atoms with Gasteiger partial charge in [0.05, 0.1) is 6.10 Å². The Bertz CT molecular complexity index is 622. The summed E-state index contributed by atoms with van der Waals surface area (Å²) in [5.41, 5.74) is 1.59. The summed E-state index contributed by atoms with van der Waals surface area (Å²) in [4.78, 5) is 12.2. The first-order valence-electron chi connectivity index (χ1n) is 7.50. The van der Waals surface area contributed by atoms with Crippen molar-refractivity contribution < 1.29 is 15.0 Å². The molecular weight excluding hydrogens is 280 g/mol. The first-order chi connectivity index (χ1) is 10.7. The molecule has 1 aliphatic rings. The Labute approximate surface area is 129 Å². The van der Waals surface area contributed by atoms with E-state index < -0.39 is 6.10 Å². The summed E-state index contributed by atoms with van der Waals surface area (Å²) < 4.78 is 1.97. The fourth-order valence-corrected chi connectivity index (χ4v) is 2.98. The molecule has 0 radical (unpaired) electrons. The van der Waals surface area contributed by atoms with Gasteiger partial charge in [-0.3, -0.25) is 4.79 Å². The number of aliphatic hydroxyl groups excluding tert-OH is 2. The van der Waals surface area contributed by atoms with Crippen LogP contribution < -0.4 is 5.32 Å². The van der Waals surface area contributed by atoms with Gasteiger partial charge in [-0.15, -0.1) is 0 Å². The molecule has 1 aromatic heterocycles. The quantitative estimate of drug-likeness (QED) is 0.797. The van der Waals surface area contributed by atoms with E-state index in [9.17, 15) is 9.90 Å². The van der Waals surface area contributed by atoms with Crippen molar-refractivity contribution in [1.29, 1.82) is 0 Å². The van der Waals surface area contributed by atoms with Crippen LogP contribution in [-0.2, 0) is 0 Å². The van der Waals surface area contributed by atoms with E-state index in [4.69, 9.17) is 5.11 Å². The summed E-state index contributed by atoms with van der Waals surface area (Å²) in [5.74, 6) is -0.281. The number of hydrogen-bond donors (Lipinski definition) is 3. The standard InChI is InChI=1S/C17H20N2O3/c20-11-13-9-14(10-16(13)21)18-17(22)12-3-5-15(6-4-12)19-7-1-2-8-19/h1-8,13-14,16,20-21H,9-11H2,(H,18,22)/t13-,14+,16-/m1/s1. The van der Waals surface area contributed by atoms with Crippen molar-refractivity contribution >= 4 is 5.91 Å². The fraction of sp³-hybridized carbons (Fsp3) is 0.353. The third kappa shape index (κ3) is 3.05. The van der Waals surface area contributed by atoms with Gasteiger partial charge in [0.25, 0.3) is 5.91 Å². The highest BCUT2D eigenvalue weighted by Gasteiger charge is 2.33. The predicted octanol–water partition coefficient (Wildman–Crippen LogP) is 1.34. The van der Waals surface area contributed by atoms with Crippen molar-refractivity contribution in [2.24, 2.45) is 5.92 Å². The predicted molar refractivity (Wildman–Crippen MR) is 82.8 cm³/mol. The normalized spacial score (nSPS) is 24.4. The second-order valence-electron chi connectivity index (χ2n) is 5.79. The molecule has 0 bridgehead atoms. The van der Waals surface area contributed by atoms with E-state index in [-0.39, 0.29) is 24.5 Å². The Hall–Kier alpha value is -2.11. The van der Waals surface area contributed by atoms with Crippen LogP contribution in [0.5, 0.6) is 0 Å². The molecule has 1 heterocycles. The zero-order chi connectivity index (χ0) is 15.5. The van der Waals surface area contributed by atoms with E-state index in [0.29, 0.717) is 18.4 Å². The molecule has 0 spiro atoms. The molecule has 1 amide bonds. The van der Waals surface area contributed by atoms with Crippen LogP contribution in [0.2, 0.25) is 0 Å². The van der Waals surface area contributed by atoms with Gasteiger partial charge in [0, 0.05) is 42.2 Å². The van der Waals surface area contributed by atoms with Crippen LogP contribution in [0.15, 0.2) is 48.8 Å². The lowest BCUT2D eigenvalue weighted by Crippen LogP contribution is -2.33. The first-order valence-corrected chi connectivity index (χ1v) is 7.50. The van der Waals surface area contributed by atoms with Gasteiger partial charge in [-0.1, -0.05) is 0 Å². The fourth-order valence-electron chi connectivity index (χ4n) is 2.98. The molecule has 0 aliphatic heterocycles. The minimum atomic E-state index is -0.536. The number of carbonyl (C=O) groups is 1. The number of nitrogens with zero attached hydrogens (tertiary/aromatic N) is 1. The Morgan fingerprint density at radius 1 is 1.18 bits per heavy atom. The molecule has 2 aromatic rings. The number of hydrogen-bond acceptors (Lipinski definition) is 3. The number of nitrogens with one attached hydrogen (secondary N) is 1. The highest BCUT2D eigenvalue weighted by molar-refractivity contribution is 5.94. The van der Waals surface area contributed by atoms with Gasteiger partial charge in [-0.25, -0.2) is 0 Å². The molecule has 3 atom stereocenters. The van der Waals surface area contributed by atoms with Crippen LogP contribution in [0.4, 0.5) is 0 Å². The highest BCUT2D eigenvalue weighted by Crippen LogP contribution is 2.26. The van der Waals surface area contributed by atoms with E-state index in [0.717, 1.165) is 5.69 Å². The monoisotopic (exact) mass is 300 g/mol. The van der Waals surface area contributed by atoms with Gasteiger partial charge < -0.3 is 20.1 Å². The van der Waals surface area contributed by atoms with Crippen molar-refractivity contribution in [3.8, 4) is 5.69 Å². The summed E-state index contributed by atoms with van der Waals surface area (Å²) in [6, 6.07) is 11.2. The number of benzene rings is 1. The van der Waals surface area contributed by atoms with E-state index in [1.165, 1.54) is 0 Å². The van der Waals surface area contributed by atoms with Crippen LogP contribution >= 0.6 is 0 Å². The summed E-state index contributed by atoms with van der Waals surface area (Å²) in [7, 11) is 0. The molecule has 5 heteroatoms. The van der Waals surface area contributed by atoms with Gasteiger partial charge in [0.15, 0.2) is 0 Å². The second-order valence-corrected chi connectivity index (χ2v) is 5.79. The summed E-state index contributed by atoms with van der Waals surface area (Å²) in [5, 5.41) is 21.8. The molecule has 0 saturated heterocycles. The van der Waals surface area contributed by atoms with Crippen molar-refractivity contribution in [1.82, 2.24) is 9.88 Å². The third-order valence-electron chi connectivity index (χ3n) is 4.26. The van der Waals surface area contributed by atoms with Crippen LogP contribution in [0, 0.1) is 5.92 Å². The molecule has 1 aliphatic carbocycles. The summed E-state index contributed by atoms with van der Waals surface area (Å²) in [6.45, 7) is -0.0426. The zero-order valence-corrected chi connectivity index (χ0v) is 12.2. The zero-order valence-electron chi connectivity index (χ0n) is 12.2. The Morgan fingerprint density at radius 3 is 2.45 bits per heavy atom. The maximum atomic E-state index is 12.2. The van der Waals surface area contributed by atoms with Gasteiger partial charge in [0.2, 0.25) is 0 Å². The SMILES string of the molecule is O=C(N[C@H]1C[C@H](CO)[C@H](O)C1)c1ccc(-n2cccc2)cc1. The van der Waals surface area contributed by atoms with E-state index in [1.54, 1.807) is 12.1 Å². The van der Waals surface area contributed by atoms with Crippen molar-refractivity contribution in [3.05, 3.63) is 54.4 Å². The van der Waals surface area contributed by atoms with Gasteiger partial charge >= 0.3 is 0 Å². The lowest BCUT2D eigenvalue weighted by molar-refractivity contribution is 0.0903. The average molecular weight is 300 g/mol. The second kappa shape index (κ2) is 6.34. The number of rotatable bonds is 4. The van der Waals surface area contributed by atoms with Crippen LogP contribution in [0.25, 0.3) is 5.69 Å². The minimum Gasteiger partial charge on any atom is -0.396 e. The van der Waals surface area contributed by atoms with Crippen molar-refractivity contribution in [3.63, 3.8) is 0 Å². The van der Waals surface area contributed by atoms with E-state index in [1.807, 2.05) is 41.2 Å². The molecule has 0 unspecified atom stereocenters. The molecule has 116 valence electrons. The smallest absolute Gasteiger partial charge is 0.251 e. The Balaban J connectivity index is 1.63. The number of carbonyl (C=O) groups excluding carboxylic acids is 1. The third-order valence-corrected chi connectivity index (χ3v) is 4.26. The minimum absolute atomic E-state index is 0.0426. The summed E-state index contributed by atoms with van der Waals surface area (Å²) >= 11 is 0. The maximum Gasteiger partial charge on any atom is 0.251 e. The van der Waals surface area contributed by atoms with E-state index in [2.05, 4.69) is 5.32 Å². The van der Waals surface area contributed by atoms with Crippen molar-refractivity contribution in [2.45, 2.75) is 25.0 Å². The van der Waals surface area contributed by atoms with Crippen LogP contribution in [-0.4, -0.2) is 39.4 Å². The molecule has 5 nitrogen and oxygen atoms in total. The lowest BCUT2D eigenvalue weighted by atomic mass is 10.1. The highest BCUT2D eigenvalue weighted by atomic mass is 16.3. The number of amides is 1. The topological polar surface area (TPSA) is 74.5 Å². The molecule has 1 fully saturated rings. The van der Waals surface area contributed by atoms with Crippen LogP contribution in [0.1, 0.15) is 23.2 Å². The van der Waals surface area contributed by atoms with Gasteiger partial charge in [-0.05, 0) is 49.2 Å². The first kappa shape index (κ1) is 14.8. The molecule has 1 aromatic carbocycles. The molecular formula is C17H20N2O3. The summed E-state index contributed by atoms with van der Waals surface area (Å²) in [6.07, 6.45) is 4.48. The average Bonchev–Trinajstić information content (AvgIpc) is 3.17. The van der Waals surface area contributed by atoms with Crippen molar-refractivity contribution in [2.75, 3.05) is 6.61 Å². The Morgan fingerprint density at radius 2 is 1.86 bits per heavy atom. The Kier molecular flexibility index (Phi) is 4.27. The maximum absolute atomic E-state index is 12.2. The lowest BCUT2D eigenvalue weighted by Gasteiger charge is -2.13. The molecule has 3 N–H and O–H groups in total. The largest absolute Gasteiger partial charge is 0.396 e. The molecule has 22 heavy (non-hydrogen) atoms. The van der Waals surface area contributed by atoms with Crippen LogP contribution in [0.3, 0.4) is 0 Å². The molecule has 1 saturated carbocycles. The van der Waals surface area contributed by atoms with Gasteiger partial charge in [-0.2, -0.15) is 0 Å². The van der Waals surface area contributed by atoms with E-state index >= 15 is 0 Å². The number of aromatic nitrogens is 1. The van der Waals surface area contributed by atoms with Gasteiger partial charge in [0.1, 0.15) is 0 Å². The number of aliphatic hydroxyl groups is 2.